The van der Waals surface area contributed by atoms with Crippen LogP contribution in [0.4, 0.5) is 5.69 Å². The summed E-state index contributed by atoms with van der Waals surface area (Å²) >= 11 is 6.35. The van der Waals surface area contributed by atoms with Crippen LogP contribution >= 0.6 is 11.6 Å². The average Bonchev–Trinajstić information content (AvgIpc) is 2.46. The standard InChI is InChI=1S/C14H21ClN2O2/c1-10(16-2)13-4-3-11(7-14(13)15)17-5-6-19-12(8-17)9-18/h3-4,7,10,12,16,18H,5-6,8-9H2,1-2H3. The van der Waals surface area contributed by atoms with E-state index in [4.69, 9.17) is 16.3 Å². The fourth-order valence-electron chi connectivity index (χ4n) is 2.28. The third-order valence-corrected chi connectivity index (χ3v) is 3.92. The lowest BCUT2D eigenvalue weighted by Gasteiger charge is -2.34. The van der Waals surface area contributed by atoms with Crippen molar-refractivity contribution in [2.75, 3.05) is 38.3 Å². The number of hydrogen-bond donors (Lipinski definition) is 2. The van der Waals surface area contributed by atoms with Crippen LogP contribution in [0.3, 0.4) is 0 Å². The predicted molar refractivity (Wildman–Crippen MR) is 78.0 cm³/mol. The van der Waals surface area contributed by atoms with Crippen molar-refractivity contribution in [1.29, 1.82) is 0 Å². The topological polar surface area (TPSA) is 44.7 Å². The van der Waals surface area contributed by atoms with Crippen molar-refractivity contribution in [3.63, 3.8) is 0 Å². The second kappa shape index (κ2) is 6.57. The van der Waals surface area contributed by atoms with Crippen molar-refractivity contribution in [3.8, 4) is 0 Å². The van der Waals surface area contributed by atoms with E-state index in [9.17, 15) is 5.11 Å². The Morgan fingerprint density at radius 3 is 3.00 bits per heavy atom. The van der Waals surface area contributed by atoms with Gasteiger partial charge in [-0.2, -0.15) is 0 Å². The second-order valence-corrected chi connectivity index (χ2v) is 5.24. The van der Waals surface area contributed by atoms with Crippen molar-refractivity contribution in [2.24, 2.45) is 0 Å². The van der Waals surface area contributed by atoms with E-state index in [1.54, 1.807) is 0 Å². The Hall–Kier alpha value is -0.810. The number of aliphatic hydroxyl groups excluding tert-OH is 1. The molecule has 0 radical (unpaired) electrons. The summed E-state index contributed by atoms with van der Waals surface area (Å²) in [6.45, 7) is 4.30. The molecule has 1 saturated heterocycles. The van der Waals surface area contributed by atoms with Gasteiger partial charge >= 0.3 is 0 Å². The maximum Gasteiger partial charge on any atom is 0.0980 e. The molecule has 1 fully saturated rings. The molecule has 0 aromatic heterocycles. The maximum absolute atomic E-state index is 9.17. The SMILES string of the molecule is CNC(C)c1ccc(N2CCOC(CO)C2)cc1Cl. The molecule has 0 bridgehead atoms. The van der Waals surface area contributed by atoms with Crippen molar-refractivity contribution < 1.29 is 9.84 Å². The minimum absolute atomic E-state index is 0.0547. The first-order chi connectivity index (χ1) is 9.15. The molecule has 106 valence electrons. The summed E-state index contributed by atoms with van der Waals surface area (Å²) in [6.07, 6.45) is -0.108. The number of ether oxygens (including phenoxy) is 1. The van der Waals surface area contributed by atoms with E-state index in [2.05, 4.69) is 29.3 Å². The summed E-state index contributed by atoms with van der Waals surface area (Å²) in [5, 5.41) is 13.1. The normalized spacial score (nSPS) is 21.5. The van der Waals surface area contributed by atoms with Gasteiger partial charge in [-0.05, 0) is 31.7 Å². The van der Waals surface area contributed by atoms with Crippen LogP contribution in [0.2, 0.25) is 5.02 Å². The molecule has 1 aromatic carbocycles. The summed E-state index contributed by atoms with van der Waals surface area (Å²) < 4.78 is 5.45. The van der Waals surface area contributed by atoms with Gasteiger partial charge in [-0.3, -0.25) is 0 Å². The quantitative estimate of drug-likeness (QED) is 0.885. The Morgan fingerprint density at radius 1 is 1.58 bits per heavy atom. The largest absolute Gasteiger partial charge is 0.394 e. The fraction of sp³-hybridized carbons (Fsp3) is 0.571. The molecular formula is C14H21ClN2O2. The van der Waals surface area contributed by atoms with Crippen LogP contribution < -0.4 is 10.2 Å². The lowest BCUT2D eigenvalue weighted by atomic mass is 10.1. The van der Waals surface area contributed by atoms with Gasteiger partial charge < -0.3 is 20.1 Å². The first-order valence-corrected chi connectivity index (χ1v) is 6.97. The van der Waals surface area contributed by atoms with Crippen LogP contribution in [-0.4, -0.2) is 44.6 Å². The van der Waals surface area contributed by atoms with Gasteiger partial charge in [-0.15, -0.1) is 0 Å². The molecule has 0 amide bonds. The molecular weight excluding hydrogens is 264 g/mol. The van der Waals surface area contributed by atoms with E-state index in [1.165, 1.54) is 0 Å². The van der Waals surface area contributed by atoms with Crippen molar-refractivity contribution in [2.45, 2.75) is 19.1 Å². The number of benzene rings is 1. The van der Waals surface area contributed by atoms with Crippen LogP contribution in [0.5, 0.6) is 0 Å². The van der Waals surface area contributed by atoms with E-state index in [0.29, 0.717) is 13.2 Å². The highest BCUT2D eigenvalue weighted by atomic mass is 35.5. The number of morpholine rings is 1. The van der Waals surface area contributed by atoms with Crippen LogP contribution in [0, 0.1) is 0 Å². The highest BCUT2D eigenvalue weighted by Gasteiger charge is 2.20. The number of nitrogens with one attached hydrogen (secondary N) is 1. The Bertz CT molecular complexity index is 428. The number of halogens is 1. The second-order valence-electron chi connectivity index (χ2n) is 4.84. The van der Waals surface area contributed by atoms with Crippen molar-refractivity contribution >= 4 is 17.3 Å². The molecule has 2 N–H and O–H groups in total. The molecule has 1 aliphatic rings. The highest BCUT2D eigenvalue weighted by Crippen LogP contribution is 2.28. The third kappa shape index (κ3) is 3.39. The Labute approximate surface area is 119 Å². The summed E-state index contributed by atoms with van der Waals surface area (Å²) in [6, 6.07) is 6.36. The number of rotatable bonds is 4. The van der Waals surface area contributed by atoms with E-state index < -0.39 is 0 Å². The molecule has 2 rings (SSSR count). The van der Waals surface area contributed by atoms with Crippen LogP contribution in [0.15, 0.2) is 18.2 Å². The zero-order valence-corrected chi connectivity index (χ0v) is 12.2. The Balaban J connectivity index is 2.15. The lowest BCUT2D eigenvalue weighted by Crippen LogP contribution is -2.44. The lowest BCUT2D eigenvalue weighted by molar-refractivity contribution is 0.00357. The molecule has 1 aliphatic heterocycles. The van der Waals surface area contributed by atoms with Gasteiger partial charge in [0.1, 0.15) is 0 Å². The van der Waals surface area contributed by atoms with E-state index in [0.717, 1.165) is 22.8 Å². The summed E-state index contributed by atoms with van der Waals surface area (Å²) in [4.78, 5) is 2.20. The maximum atomic E-state index is 9.17. The number of anilines is 1. The van der Waals surface area contributed by atoms with E-state index in [1.807, 2.05) is 13.1 Å². The van der Waals surface area contributed by atoms with E-state index in [-0.39, 0.29) is 18.8 Å². The van der Waals surface area contributed by atoms with Gasteiger partial charge in [0, 0.05) is 29.8 Å². The van der Waals surface area contributed by atoms with Crippen LogP contribution in [-0.2, 0) is 4.74 Å². The minimum atomic E-state index is -0.108. The molecule has 4 nitrogen and oxygen atoms in total. The molecule has 19 heavy (non-hydrogen) atoms. The first kappa shape index (κ1) is 14.6. The minimum Gasteiger partial charge on any atom is -0.394 e. The van der Waals surface area contributed by atoms with Crippen molar-refractivity contribution in [1.82, 2.24) is 5.32 Å². The summed E-state index contributed by atoms with van der Waals surface area (Å²) in [5.74, 6) is 0. The summed E-state index contributed by atoms with van der Waals surface area (Å²) in [5.41, 5.74) is 2.18. The monoisotopic (exact) mass is 284 g/mol. The Kier molecular flexibility index (Phi) is 5.05. The molecule has 0 spiro atoms. The van der Waals surface area contributed by atoms with E-state index >= 15 is 0 Å². The third-order valence-electron chi connectivity index (χ3n) is 3.59. The van der Waals surface area contributed by atoms with Gasteiger partial charge in [0.05, 0.1) is 19.3 Å². The van der Waals surface area contributed by atoms with Crippen LogP contribution in [0.1, 0.15) is 18.5 Å². The van der Waals surface area contributed by atoms with Crippen LogP contribution in [0.25, 0.3) is 0 Å². The zero-order valence-electron chi connectivity index (χ0n) is 11.4. The molecule has 0 aliphatic carbocycles. The van der Waals surface area contributed by atoms with Gasteiger partial charge in [0.15, 0.2) is 0 Å². The van der Waals surface area contributed by atoms with Gasteiger partial charge in [-0.25, -0.2) is 0 Å². The highest BCUT2D eigenvalue weighted by molar-refractivity contribution is 6.31. The molecule has 5 heteroatoms. The summed E-state index contributed by atoms with van der Waals surface area (Å²) in [7, 11) is 1.92. The Morgan fingerprint density at radius 2 is 2.37 bits per heavy atom. The number of hydrogen-bond acceptors (Lipinski definition) is 4. The first-order valence-electron chi connectivity index (χ1n) is 6.59. The zero-order chi connectivity index (χ0) is 13.8. The van der Waals surface area contributed by atoms with Gasteiger partial charge in [0.25, 0.3) is 0 Å². The van der Waals surface area contributed by atoms with Gasteiger partial charge in [0.2, 0.25) is 0 Å². The fourth-order valence-corrected chi connectivity index (χ4v) is 2.62. The predicted octanol–water partition coefficient (Wildman–Crippen LogP) is 1.82. The number of aliphatic hydroxyl groups is 1. The molecule has 1 aromatic rings. The average molecular weight is 285 g/mol. The number of nitrogens with zero attached hydrogens (tertiary/aromatic N) is 1. The smallest absolute Gasteiger partial charge is 0.0980 e. The van der Waals surface area contributed by atoms with Crippen molar-refractivity contribution in [3.05, 3.63) is 28.8 Å². The molecule has 0 saturated carbocycles. The van der Waals surface area contributed by atoms with Gasteiger partial charge in [-0.1, -0.05) is 17.7 Å². The molecule has 2 atom stereocenters. The molecule has 2 unspecified atom stereocenters. The molecule has 1 heterocycles.